The molecule has 2 amide bonds. The van der Waals surface area contributed by atoms with Crippen LogP contribution in [0.5, 0.6) is 0 Å². The molecule has 1 aliphatic heterocycles. The van der Waals surface area contributed by atoms with Gasteiger partial charge < -0.3 is 10.6 Å². The molecule has 0 aliphatic carbocycles. The third-order valence-electron chi connectivity index (χ3n) is 5.06. The maximum absolute atomic E-state index is 12.6. The van der Waals surface area contributed by atoms with Crippen LogP contribution >= 0.6 is 0 Å². The minimum atomic E-state index is -4.45. The smallest absolute Gasteiger partial charge is 0.348 e. The van der Waals surface area contributed by atoms with Crippen LogP contribution in [0.4, 0.5) is 18.9 Å². The number of hydrogen-bond acceptors (Lipinski definition) is 4. The van der Waals surface area contributed by atoms with Gasteiger partial charge >= 0.3 is 18.0 Å². The number of piperidine rings is 1. The Morgan fingerprint density at radius 3 is 2.37 bits per heavy atom. The van der Waals surface area contributed by atoms with Crippen molar-refractivity contribution < 1.29 is 22.8 Å². The Balaban J connectivity index is 1.38. The van der Waals surface area contributed by atoms with Gasteiger partial charge in [0.2, 0.25) is 0 Å². The molecule has 9 heteroatoms. The fourth-order valence-corrected chi connectivity index (χ4v) is 3.35. The molecule has 0 radical (unpaired) electrons. The Labute approximate surface area is 172 Å². The minimum Gasteiger partial charge on any atom is -0.348 e. The van der Waals surface area contributed by atoms with E-state index < -0.39 is 23.6 Å². The monoisotopic (exact) mass is 420 g/mol. The molecule has 2 heterocycles. The lowest BCUT2D eigenvalue weighted by atomic mass is 9.96. The number of alkyl halides is 3. The largest absolute Gasteiger partial charge is 0.416 e. The van der Waals surface area contributed by atoms with Gasteiger partial charge in [0.05, 0.1) is 5.56 Å². The van der Waals surface area contributed by atoms with E-state index >= 15 is 0 Å². The van der Waals surface area contributed by atoms with Gasteiger partial charge in [-0.2, -0.15) is 13.2 Å². The summed E-state index contributed by atoms with van der Waals surface area (Å²) in [7, 11) is 0. The molecule has 2 aromatic rings. The Hall–Kier alpha value is -2.94. The number of aromatic nitrogens is 1. The van der Waals surface area contributed by atoms with Crippen LogP contribution in [-0.2, 0) is 22.3 Å². The average molecular weight is 420 g/mol. The maximum Gasteiger partial charge on any atom is 0.416 e. The zero-order chi connectivity index (χ0) is 21.6. The lowest BCUT2D eigenvalue weighted by molar-refractivity contribution is -0.137. The van der Waals surface area contributed by atoms with Crippen LogP contribution in [0.15, 0.2) is 48.8 Å². The van der Waals surface area contributed by atoms with Gasteiger partial charge in [-0.25, -0.2) is 0 Å². The number of halogens is 3. The van der Waals surface area contributed by atoms with Gasteiger partial charge in [-0.1, -0.05) is 6.07 Å². The van der Waals surface area contributed by atoms with Crippen molar-refractivity contribution in [3.05, 3.63) is 59.9 Å². The lowest BCUT2D eigenvalue weighted by Crippen LogP contribution is -2.41. The van der Waals surface area contributed by atoms with Gasteiger partial charge in [-0.15, -0.1) is 0 Å². The van der Waals surface area contributed by atoms with Crippen LogP contribution < -0.4 is 10.6 Å². The Kier molecular flexibility index (Phi) is 7.04. The number of pyridine rings is 1. The number of carbonyl (C=O) groups excluding carboxylic acids is 2. The average Bonchev–Trinajstić information content (AvgIpc) is 2.73. The van der Waals surface area contributed by atoms with Crippen molar-refractivity contribution in [2.45, 2.75) is 25.6 Å². The number of amides is 2. The summed E-state index contributed by atoms with van der Waals surface area (Å²) >= 11 is 0. The summed E-state index contributed by atoms with van der Waals surface area (Å²) in [6.45, 7) is 3.02. The molecular weight excluding hydrogens is 397 g/mol. The molecule has 6 nitrogen and oxygen atoms in total. The van der Waals surface area contributed by atoms with Crippen molar-refractivity contribution in [1.29, 1.82) is 0 Å². The summed E-state index contributed by atoms with van der Waals surface area (Å²) in [6, 6.07) is 7.89. The van der Waals surface area contributed by atoms with E-state index in [1.54, 1.807) is 6.20 Å². The molecule has 0 bridgehead atoms. The molecule has 1 aromatic carbocycles. The number of hydrogen-bond donors (Lipinski definition) is 2. The van der Waals surface area contributed by atoms with E-state index in [-0.39, 0.29) is 11.6 Å². The molecule has 30 heavy (non-hydrogen) atoms. The quantitative estimate of drug-likeness (QED) is 0.730. The minimum absolute atomic E-state index is 0.131. The fraction of sp³-hybridized carbons (Fsp3) is 0.381. The highest BCUT2D eigenvalue weighted by Gasteiger charge is 2.30. The van der Waals surface area contributed by atoms with Gasteiger partial charge in [0.25, 0.3) is 0 Å². The van der Waals surface area contributed by atoms with Crippen LogP contribution in [0.3, 0.4) is 0 Å². The van der Waals surface area contributed by atoms with Gasteiger partial charge in [-0.3, -0.25) is 19.5 Å². The molecular formula is C21H23F3N4O2. The second kappa shape index (κ2) is 9.71. The van der Waals surface area contributed by atoms with E-state index in [1.165, 1.54) is 0 Å². The zero-order valence-electron chi connectivity index (χ0n) is 16.3. The lowest BCUT2D eigenvalue weighted by Gasteiger charge is -2.31. The molecule has 1 fully saturated rings. The highest BCUT2D eigenvalue weighted by molar-refractivity contribution is 6.39. The third kappa shape index (κ3) is 6.28. The van der Waals surface area contributed by atoms with Crippen molar-refractivity contribution in [2.75, 3.05) is 25.0 Å². The summed E-state index contributed by atoms with van der Waals surface area (Å²) in [6.07, 6.45) is 0.948. The first-order valence-corrected chi connectivity index (χ1v) is 9.69. The van der Waals surface area contributed by atoms with Gasteiger partial charge in [0.15, 0.2) is 0 Å². The fourth-order valence-electron chi connectivity index (χ4n) is 3.35. The summed E-state index contributed by atoms with van der Waals surface area (Å²) in [5.41, 5.74) is 0.468. The molecule has 0 unspecified atom stereocenters. The number of benzene rings is 1. The summed E-state index contributed by atoms with van der Waals surface area (Å²) < 4.78 is 37.7. The normalized spacial score (nSPS) is 15.6. The topological polar surface area (TPSA) is 74.3 Å². The number of nitrogens with zero attached hydrogens (tertiary/aromatic N) is 2. The first-order chi connectivity index (χ1) is 14.3. The summed E-state index contributed by atoms with van der Waals surface area (Å²) in [4.78, 5) is 30.4. The van der Waals surface area contributed by atoms with E-state index in [4.69, 9.17) is 0 Å². The van der Waals surface area contributed by atoms with Crippen molar-refractivity contribution in [2.24, 2.45) is 5.92 Å². The van der Waals surface area contributed by atoms with E-state index in [0.717, 1.165) is 62.3 Å². The molecule has 160 valence electrons. The van der Waals surface area contributed by atoms with Crippen LogP contribution in [0.1, 0.15) is 24.0 Å². The molecule has 1 aromatic heterocycles. The van der Waals surface area contributed by atoms with Crippen molar-refractivity contribution >= 4 is 17.5 Å². The highest BCUT2D eigenvalue weighted by atomic mass is 19.4. The van der Waals surface area contributed by atoms with Gasteiger partial charge in [0.1, 0.15) is 0 Å². The Bertz CT molecular complexity index is 849. The Morgan fingerprint density at radius 1 is 1.07 bits per heavy atom. The first-order valence-electron chi connectivity index (χ1n) is 9.69. The molecule has 2 N–H and O–H groups in total. The molecule has 1 saturated heterocycles. The first kappa shape index (κ1) is 21.8. The zero-order valence-corrected chi connectivity index (χ0v) is 16.3. The standard InChI is InChI=1S/C21H23F3N4O2/c22-21(23,24)17-3-5-18(6-4-17)27-20(30)19(29)26-13-15-7-10-28(11-8-15)14-16-2-1-9-25-12-16/h1-6,9,12,15H,7-8,10-11,13-14H2,(H,26,29)(H,27,30). The molecule has 0 atom stereocenters. The van der Waals surface area contributed by atoms with E-state index in [2.05, 4.69) is 20.5 Å². The van der Waals surface area contributed by atoms with Crippen LogP contribution in [-0.4, -0.2) is 41.3 Å². The maximum atomic E-state index is 12.6. The summed E-state index contributed by atoms with van der Waals surface area (Å²) in [5, 5.41) is 4.92. The van der Waals surface area contributed by atoms with E-state index in [0.29, 0.717) is 6.54 Å². The van der Waals surface area contributed by atoms with Crippen LogP contribution in [0.2, 0.25) is 0 Å². The van der Waals surface area contributed by atoms with Crippen LogP contribution in [0.25, 0.3) is 0 Å². The number of anilines is 1. The predicted octanol–water partition coefficient (Wildman–Crippen LogP) is 3.07. The van der Waals surface area contributed by atoms with Crippen molar-refractivity contribution in [3.8, 4) is 0 Å². The SMILES string of the molecule is O=C(NCC1CCN(Cc2cccnc2)CC1)C(=O)Nc1ccc(C(F)(F)F)cc1. The number of carbonyl (C=O) groups is 2. The second-order valence-electron chi connectivity index (χ2n) is 7.32. The Morgan fingerprint density at radius 2 is 1.77 bits per heavy atom. The number of rotatable bonds is 5. The predicted molar refractivity (Wildman–Crippen MR) is 105 cm³/mol. The molecule has 0 saturated carbocycles. The molecule has 3 rings (SSSR count). The van der Waals surface area contributed by atoms with Crippen LogP contribution in [0, 0.1) is 5.92 Å². The number of nitrogens with one attached hydrogen (secondary N) is 2. The van der Waals surface area contributed by atoms with Gasteiger partial charge in [-0.05, 0) is 67.7 Å². The van der Waals surface area contributed by atoms with Crippen molar-refractivity contribution in [1.82, 2.24) is 15.2 Å². The van der Waals surface area contributed by atoms with Crippen molar-refractivity contribution in [3.63, 3.8) is 0 Å². The summed E-state index contributed by atoms with van der Waals surface area (Å²) in [5.74, 6) is -1.42. The molecule has 0 spiro atoms. The molecule has 1 aliphatic rings. The van der Waals surface area contributed by atoms with Gasteiger partial charge in [0, 0.05) is 31.2 Å². The second-order valence-corrected chi connectivity index (χ2v) is 7.32. The third-order valence-corrected chi connectivity index (χ3v) is 5.06. The highest BCUT2D eigenvalue weighted by Crippen LogP contribution is 2.29. The van der Waals surface area contributed by atoms with E-state index in [9.17, 15) is 22.8 Å². The van der Waals surface area contributed by atoms with E-state index in [1.807, 2.05) is 18.3 Å². The number of likely N-dealkylation sites (tertiary alicyclic amines) is 1.